The number of nitriles is 1. The number of rotatable bonds is 9. The number of primary amides is 1. The summed E-state index contributed by atoms with van der Waals surface area (Å²) < 4.78 is 0. The van der Waals surface area contributed by atoms with Gasteiger partial charge in [0.15, 0.2) is 0 Å². The van der Waals surface area contributed by atoms with Crippen molar-refractivity contribution in [2.24, 2.45) is 11.7 Å². The van der Waals surface area contributed by atoms with Gasteiger partial charge in [0.2, 0.25) is 11.8 Å². The van der Waals surface area contributed by atoms with Crippen molar-refractivity contribution in [3.8, 4) is 6.07 Å². The monoisotopic (exact) mass is 348 g/mol. The molecule has 0 saturated heterocycles. The predicted molar refractivity (Wildman–Crippen MR) is 96.5 cm³/mol. The van der Waals surface area contributed by atoms with Crippen molar-refractivity contribution in [1.29, 1.82) is 5.26 Å². The molecule has 0 aromatic heterocycles. The first-order valence-electron chi connectivity index (χ1n) is 7.77. The molecule has 7 heteroatoms. The number of nitrogens with one attached hydrogen (secondary N) is 1. The van der Waals surface area contributed by atoms with Crippen LogP contribution in [0.25, 0.3) is 0 Å². The first kappa shape index (κ1) is 20.0. The Labute approximate surface area is 147 Å². The molecule has 1 atom stereocenters. The molecular weight excluding hydrogens is 324 g/mol. The van der Waals surface area contributed by atoms with E-state index in [1.807, 2.05) is 45.0 Å². The molecule has 3 N–H and O–H groups in total. The molecule has 0 saturated carbocycles. The Morgan fingerprint density at radius 3 is 2.54 bits per heavy atom. The predicted octanol–water partition coefficient (Wildman–Crippen LogP) is 2.07. The van der Waals surface area contributed by atoms with Crippen LogP contribution in [0.15, 0.2) is 29.2 Å². The summed E-state index contributed by atoms with van der Waals surface area (Å²) in [6, 6.07) is 9.70. The summed E-state index contributed by atoms with van der Waals surface area (Å²) in [4.78, 5) is 26.0. The lowest BCUT2D eigenvalue weighted by Gasteiger charge is -2.24. The maximum Gasteiger partial charge on any atom is 0.238 e. The lowest BCUT2D eigenvalue weighted by molar-refractivity contribution is -0.121. The molecule has 1 unspecified atom stereocenters. The van der Waals surface area contributed by atoms with Gasteiger partial charge in [-0.15, -0.1) is 11.8 Å². The third-order valence-electron chi connectivity index (χ3n) is 3.31. The summed E-state index contributed by atoms with van der Waals surface area (Å²) in [5.74, 6) is -0.0709. The Hall–Kier alpha value is -2.04. The van der Waals surface area contributed by atoms with Crippen LogP contribution in [0.5, 0.6) is 0 Å². The van der Waals surface area contributed by atoms with Crippen molar-refractivity contribution in [2.45, 2.75) is 31.7 Å². The number of hydrogen-bond acceptors (Lipinski definition) is 5. The number of thioether (sulfide) groups is 1. The van der Waals surface area contributed by atoms with E-state index >= 15 is 0 Å². The Kier molecular flexibility index (Phi) is 8.30. The maximum atomic E-state index is 12.3. The summed E-state index contributed by atoms with van der Waals surface area (Å²) in [6.45, 7) is 5.81. The van der Waals surface area contributed by atoms with Gasteiger partial charge in [0, 0.05) is 16.7 Å². The topological polar surface area (TPSA) is 99.2 Å². The fourth-order valence-electron chi connectivity index (χ4n) is 1.94. The van der Waals surface area contributed by atoms with Crippen molar-refractivity contribution in [3.63, 3.8) is 0 Å². The second-order valence-electron chi connectivity index (χ2n) is 5.85. The zero-order valence-electron chi connectivity index (χ0n) is 14.3. The van der Waals surface area contributed by atoms with E-state index in [0.29, 0.717) is 11.4 Å². The van der Waals surface area contributed by atoms with E-state index in [-0.39, 0.29) is 31.0 Å². The number of benzene rings is 1. The quantitative estimate of drug-likeness (QED) is 0.666. The van der Waals surface area contributed by atoms with Crippen LogP contribution in [0, 0.1) is 17.2 Å². The first-order valence-corrected chi connectivity index (χ1v) is 8.75. The minimum absolute atomic E-state index is 0.0318. The third-order valence-corrected chi connectivity index (χ3v) is 4.64. The highest BCUT2D eigenvalue weighted by molar-refractivity contribution is 7.99. The fraction of sp³-hybridized carbons (Fsp3) is 0.471. The van der Waals surface area contributed by atoms with Gasteiger partial charge in [-0.1, -0.05) is 12.1 Å². The number of carbonyl (C=O) groups excluding carboxylic acids is 2. The lowest BCUT2D eigenvalue weighted by atomic mass is 10.3. The van der Waals surface area contributed by atoms with Crippen molar-refractivity contribution in [1.82, 2.24) is 4.90 Å². The smallest absolute Gasteiger partial charge is 0.238 e. The molecule has 1 rings (SSSR count). The zero-order valence-corrected chi connectivity index (χ0v) is 15.1. The zero-order chi connectivity index (χ0) is 18.1. The van der Waals surface area contributed by atoms with Crippen LogP contribution in [0.3, 0.4) is 0 Å². The number of hydrogen-bond donors (Lipinski definition) is 2. The van der Waals surface area contributed by atoms with Crippen molar-refractivity contribution >= 4 is 29.3 Å². The fourth-order valence-corrected chi connectivity index (χ4v) is 2.90. The number of amides is 2. The summed E-state index contributed by atoms with van der Waals surface area (Å²) >= 11 is 1.53. The van der Waals surface area contributed by atoms with Crippen LogP contribution in [0.4, 0.5) is 5.69 Å². The van der Waals surface area contributed by atoms with Gasteiger partial charge in [-0.25, -0.2) is 0 Å². The Morgan fingerprint density at radius 2 is 1.96 bits per heavy atom. The van der Waals surface area contributed by atoms with Crippen LogP contribution < -0.4 is 11.1 Å². The minimum Gasteiger partial charge on any atom is -0.369 e. The summed E-state index contributed by atoms with van der Waals surface area (Å²) in [6.07, 6.45) is 0. The van der Waals surface area contributed by atoms with Gasteiger partial charge in [-0.2, -0.15) is 5.26 Å². The van der Waals surface area contributed by atoms with Crippen molar-refractivity contribution < 1.29 is 9.59 Å². The Morgan fingerprint density at radius 1 is 1.29 bits per heavy atom. The molecule has 0 bridgehead atoms. The van der Waals surface area contributed by atoms with E-state index < -0.39 is 5.91 Å². The molecule has 2 amide bonds. The Balaban J connectivity index is 2.72. The number of carbonyl (C=O) groups is 2. The van der Waals surface area contributed by atoms with Gasteiger partial charge in [-0.05, 0) is 32.9 Å². The second-order valence-corrected chi connectivity index (χ2v) is 6.91. The molecule has 24 heavy (non-hydrogen) atoms. The van der Waals surface area contributed by atoms with E-state index in [2.05, 4.69) is 11.4 Å². The third kappa shape index (κ3) is 7.02. The SMILES string of the molecule is CC(C#N)CSc1ccccc1NC(=O)CN(CC(N)=O)C(C)C. The van der Waals surface area contributed by atoms with Crippen molar-refractivity contribution in [3.05, 3.63) is 24.3 Å². The number of anilines is 1. The van der Waals surface area contributed by atoms with Crippen LogP contribution in [-0.4, -0.2) is 41.6 Å². The van der Waals surface area contributed by atoms with Gasteiger partial charge >= 0.3 is 0 Å². The molecule has 0 heterocycles. The standard InChI is InChI=1S/C17H24N4O2S/c1-12(2)21(9-16(19)22)10-17(23)20-14-6-4-5-7-15(14)24-11-13(3)8-18/h4-7,12-13H,9-11H2,1-3H3,(H2,19,22)(H,20,23). The molecular formula is C17H24N4O2S. The molecule has 130 valence electrons. The molecule has 0 aliphatic rings. The number of nitrogens with two attached hydrogens (primary N) is 1. The normalized spacial score (nSPS) is 12.0. The molecule has 1 aromatic rings. The van der Waals surface area contributed by atoms with Gasteiger partial charge in [0.1, 0.15) is 0 Å². The number of nitrogens with zero attached hydrogens (tertiary/aromatic N) is 2. The highest BCUT2D eigenvalue weighted by Gasteiger charge is 2.17. The van der Waals surface area contributed by atoms with Gasteiger partial charge < -0.3 is 11.1 Å². The molecule has 0 fully saturated rings. The average molecular weight is 348 g/mol. The molecule has 0 radical (unpaired) electrons. The molecule has 1 aromatic carbocycles. The molecule has 0 aliphatic heterocycles. The Bertz CT molecular complexity index is 613. The first-order chi connectivity index (χ1) is 11.3. The van der Waals surface area contributed by atoms with Gasteiger partial charge in [0.25, 0.3) is 0 Å². The van der Waals surface area contributed by atoms with Crippen LogP contribution in [0.1, 0.15) is 20.8 Å². The maximum absolute atomic E-state index is 12.3. The van der Waals surface area contributed by atoms with Crippen LogP contribution in [0.2, 0.25) is 0 Å². The van der Waals surface area contributed by atoms with Crippen LogP contribution in [-0.2, 0) is 9.59 Å². The van der Waals surface area contributed by atoms with Crippen LogP contribution >= 0.6 is 11.8 Å². The summed E-state index contributed by atoms with van der Waals surface area (Å²) in [5, 5.41) is 11.7. The minimum atomic E-state index is -0.460. The van der Waals surface area contributed by atoms with E-state index in [4.69, 9.17) is 11.0 Å². The van der Waals surface area contributed by atoms with Gasteiger partial charge in [-0.3, -0.25) is 14.5 Å². The van der Waals surface area contributed by atoms with Gasteiger partial charge in [0.05, 0.1) is 30.8 Å². The van der Waals surface area contributed by atoms with Crippen molar-refractivity contribution in [2.75, 3.05) is 24.2 Å². The molecule has 6 nitrogen and oxygen atoms in total. The summed E-state index contributed by atoms with van der Waals surface area (Å²) in [5.41, 5.74) is 5.93. The van der Waals surface area contributed by atoms with E-state index in [9.17, 15) is 9.59 Å². The lowest BCUT2D eigenvalue weighted by Crippen LogP contribution is -2.43. The van der Waals surface area contributed by atoms with E-state index in [1.165, 1.54) is 11.8 Å². The highest BCUT2D eigenvalue weighted by Crippen LogP contribution is 2.28. The molecule has 0 aliphatic carbocycles. The second kappa shape index (κ2) is 9.96. The number of para-hydroxylation sites is 1. The molecule has 0 spiro atoms. The summed E-state index contributed by atoms with van der Waals surface area (Å²) in [7, 11) is 0. The highest BCUT2D eigenvalue weighted by atomic mass is 32.2. The largest absolute Gasteiger partial charge is 0.369 e. The average Bonchev–Trinajstić information content (AvgIpc) is 2.52. The van der Waals surface area contributed by atoms with E-state index in [0.717, 1.165) is 4.90 Å². The van der Waals surface area contributed by atoms with E-state index in [1.54, 1.807) is 4.90 Å².